The quantitative estimate of drug-likeness (QED) is 0.718. The zero-order chi connectivity index (χ0) is 15.6. The molecule has 0 aromatic carbocycles. The summed E-state index contributed by atoms with van der Waals surface area (Å²) in [6.45, 7) is 1.80. The lowest BCUT2D eigenvalue weighted by Crippen LogP contribution is -2.59. The molecule has 1 aromatic heterocycles. The van der Waals surface area contributed by atoms with Crippen LogP contribution in [0, 0.1) is 0 Å². The van der Waals surface area contributed by atoms with Crippen molar-refractivity contribution in [1.82, 2.24) is 9.62 Å². The Morgan fingerprint density at radius 3 is 2.76 bits per heavy atom. The summed E-state index contributed by atoms with van der Waals surface area (Å²) in [5.74, 6) is -1.18. The van der Waals surface area contributed by atoms with E-state index in [-0.39, 0.29) is 10.8 Å². The van der Waals surface area contributed by atoms with E-state index in [0.29, 0.717) is 19.4 Å². The molecule has 1 unspecified atom stereocenters. The predicted octanol–water partition coefficient (Wildman–Crippen LogP) is -0.325. The summed E-state index contributed by atoms with van der Waals surface area (Å²) in [5.41, 5.74) is 5.45. The van der Waals surface area contributed by atoms with Crippen molar-refractivity contribution in [2.24, 2.45) is 5.73 Å². The van der Waals surface area contributed by atoms with Crippen molar-refractivity contribution in [2.45, 2.75) is 30.0 Å². The lowest BCUT2D eigenvalue weighted by atomic mass is 10.2. The van der Waals surface area contributed by atoms with Crippen molar-refractivity contribution < 1.29 is 18.0 Å². The molecule has 1 fully saturated rings. The molecule has 2 heterocycles. The molecule has 7 nitrogen and oxygen atoms in total. The van der Waals surface area contributed by atoms with Gasteiger partial charge in [0.05, 0.1) is 6.54 Å². The molecule has 1 aromatic rings. The van der Waals surface area contributed by atoms with Crippen LogP contribution in [0.15, 0.2) is 16.3 Å². The first kappa shape index (κ1) is 16.1. The number of piperazine rings is 1. The summed E-state index contributed by atoms with van der Waals surface area (Å²) < 4.78 is 26.4. The number of nitrogens with one attached hydrogen (secondary N) is 1. The Kier molecular flexibility index (Phi) is 4.77. The highest BCUT2D eigenvalue weighted by Gasteiger charge is 2.41. The normalized spacial score (nSPS) is 20.6. The van der Waals surface area contributed by atoms with E-state index in [9.17, 15) is 18.0 Å². The van der Waals surface area contributed by atoms with E-state index >= 15 is 0 Å². The van der Waals surface area contributed by atoms with Gasteiger partial charge in [-0.2, -0.15) is 4.31 Å². The van der Waals surface area contributed by atoms with Crippen molar-refractivity contribution >= 4 is 33.2 Å². The largest absolute Gasteiger partial charge is 0.330 e. The molecular formula is C12H17N3O4S2. The van der Waals surface area contributed by atoms with Crippen LogP contribution in [0.1, 0.15) is 18.2 Å². The number of hydrogen-bond donors (Lipinski definition) is 2. The molecule has 0 aliphatic carbocycles. The summed E-state index contributed by atoms with van der Waals surface area (Å²) >= 11 is 1.12. The molecule has 0 saturated carbocycles. The van der Waals surface area contributed by atoms with Crippen LogP contribution in [0.4, 0.5) is 0 Å². The highest BCUT2D eigenvalue weighted by Crippen LogP contribution is 2.28. The lowest BCUT2D eigenvalue weighted by Gasteiger charge is -2.31. The molecule has 1 atom stereocenters. The summed E-state index contributed by atoms with van der Waals surface area (Å²) in [5, 5.41) is 2.16. The average molecular weight is 331 g/mol. The fraction of sp³-hybridized carbons (Fsp3) is 0.500. The van der Waals surface area contributed by atoms with Crippen molar-refractivity contribution in [2.75, 3.05) is 13.1 Å². The molecule has 1 saturated heterocycles. The Hall–Kier alpha value is -1.29. The molecule has 116 valence electrons. The van der Waals surface area contributed by atoms with Gasteiger partial charge in [0.15, 0.2) is 0 Å². The maximum atomic E-state index is 12.6. The lowest BCUT2D eigenvalue weighted by molar-refractivity contribution is -0.137. The number of carbonyl (C=O) groups excluding carboxylic acids is 2. The Morgan fingerprint density at radius 2 is 2.14 bits per heavy atom. The number of sulfonamides is 1. The van der Waals surface area contributed by atoms with Gasteiger partial charge in [-0.1, -0.05) is 6.92 Å². The van der Waals surface area contributed by atoms with Gasteiger partial charge in [-0.3, -0.25) is 14.9 Å². The summed E-state index contributed by atoms with van der Waals surface area (Å²) in [6.07, 6.45) is 0.899. The molecule has 1 aliphatic heterocycles. The standard InChI is InChI=1S/C12H17N3O4S2/c1-2-9-12(17)14-10(16)7-15(9)21(18,19)11-4-3-8(20-11)5-6-13/h3-4,9H,2,5-7,13H2,1H3,(H,14,16,17). The van der Waals surface area contributed by atoms with Gasteiger partial charge >= 0.3 is 0 Å². The molecule has 0 radical (unpaired) electrons. The minimum Gasteiger partial charge on any atom is -0.330 e. The van der Waals surface area contributed by atoms with Gasteiger partial charge in [0.2, 0.25) is 11.8 Å². The molecule has 3 N–H and O–H groups in total. The third kappa shape index (κ3) is 3.15. The third-order valence-electron chi connectivity index (χ3n) is 3.19. The Balaban J connectivity index is 2.35. The van der Waals surface area contributed by atoms with Crippen LogP contribution in [0.25, 0.3) is 0 Å². The van der Waals surface area contributed by atoms with Gasteiger partial charge in [0.25, 0.3) is 10.0 Å². The number of imide groups is 1. The molecule has 2 amide bonds. The molecule has 0 bridgehead atoms. The minimum absolute atomic E-state index is 0.131. The first-order valence-electron chi connectivity index (χ1n) is 6.54. The van der Waals surface area contributed by atoms with Gasteiger partial charge < -0.3 is 5.73 Å². The number of nitrogens with zero attached hydrogens (tertiary/aromatic N) is 1. The molecule has 1 aliphatic rings. The first-order chi connectivity index (χ1) is 9.90. The van der Waals surface area contributed by atoms with Crippen molar-refractivity contribution in [3.63, 3.8) is 0 Å². The van der Waals surface area contributed by atoms with Gasteiger partial charge in [0.1, 0.15) is 10.3 Å². The van der Waals surface area contributed by atoms with Gasteiger partial charge in [-0.15, -0.1) is 11.3 Å². The van der Waals surface area contributed by atoms with E-state index in [1.165, 1.54) is 6.07 Å². The highest BCUT2D eigenvalue weighted by molar-refractivity contribution is 7.91. The van der Waals surface area contributed by atoms with Crippen molar-refractivity contribution in [3.8, 4) is 0 Å². The van der Waals surface area contributed by atoms with E-state index in [0.717, 1.165) is 20.5 Å². The van der Waals surface area contributed by atoms with E-state index < -0.39 is 27.9 Å². The Bertz CT molecular complexity index is 653. The number of rotatable bonds is 5. The van der Waals surface area contributed by atoms with E-state index in [4.69, 9.17) is 5.73 Å². The Morgan fingerprint density at radius 1 is 1.43 bits per heavy atom. The van der Waals surface area contributed by atoms with E-state index in [2.05, 4.69) is 5.32 Å². The summed E-state index contributed by atoms with van der Waals surface area (Å²) in [6, 6.07) is 2.35. The van der Waals surface area contributed by atoms with Gasteiger partial charge in [0, 0.05) is 4.88 Å². The smallest absolute Gasteiger partial charge is 0.253 e. The Labute approximate surface area is 127 Å². The summed E-state index contributed by atoms with van der Waals surface area (Å²) in [4.78, 5) is 24.1. The van der Waals surface area contributed by atoms with Crippen LogP contribution in [0.2, 0.25) is 0 Å². The number of hydrogen-bond acceptors (Lipinski definition) is 6. The molecule has 0 spiro atoms. The highest BCUT2D eigenvalue weighted by atomic mass is 32.2. The second-order valence-electron chi connectivity index (χ2n) is 4.65. The number of amides is 2. The summed E-state index contributed by atoms with van der Waals surface area (Å²) in [7, 11) is -3.86. The van der Waals surface area contributed by atoms with Crippen LogP contribution >= 0.6 is 11.3 Å². The SMILES string of the molecule is CCC1C(=O)NC(=O)CN1S(=O)(=O)c1ccc(CCN)s1. The van der Waals surface area contributed by atoms with Crippen molar-refractivity contribution in [3.05, 3.63) is 17.0 Å². The van der Waals surface area contributed by atoms with Crippen LogP contribution in [-0.4, -0.2) is 43.7 Å². The zero-order valence-electron chi connectivity index (χ0n) is 11.5. The molecule has 2 rings (SSSR count). The van der Waals surface area contributed by atoms with Crippen LogP contribution in [0.3, 0.4) is 0 Å². The number of thiophene rings is 1. The maximum Gasteiger partial charge on any atom is 0.253 e. The number of carbonyl (C=O) groups is 2. The van der Waals surface area contributed by atoms with Gasteiger partial charge in [-0.25, -0.2) is 8.42 Å². The average Bonchev–Trinajstić information content (AvgIpc) is 2.87. The van der Waals surface area contributed by atoms with E-state index in [1.807, 2.05) is 0 Å². The van der Waals surface area contributed by atoms with E-state index in [1.54, 1.807) is 13.0 Å². The topological polar surface area (TPSA) is 110 Å². The predicted molar refractivity (Wildman–Crippen MR) is 78.2 cm³/mol. The minimum atomic E-state index is -3.86. The molecule has 21 heavy (non-hydrogen) atoms. The first-order valence-corrected chi connectivity index (χ1v) is 8.80. The van der Waals surface area contributed by atoms with Crippen LogP contribution < -0.4 is 11.1 Å². The zero-order valence-corrected chi connectivity index (χ0v) is 13.2. The van der Waals surface area contributed by atoms with Gasteiger partial charge in [-0.05, 0) is 31.5 Å². The van der Waals surface area contributed by atoms with Crippen molar-refractivity contribution in [1.29, 1.82) is 0 Å². The second-order valence-corrected chi connectivity index (χ2v) is 7.93. The maximum absolute atomic E-state index is 12.6. The fourth-order valence-electron chi connectivity index (χ4n) is 2.17. The monoisotopic (exact) mass is 331 g/mol. The van der Waals surface area contributed by atoms with Crippen LogP contribution in [0.5, 0.6) is 0 Å². The molecular weight excluding hydrogens is 314 g/mol. The number of nitrogens with two attached hydrogens (primary N) is 1. The molecule has 9 heteroatoms. The third-order valence-corrected chi connectivity index (χ3v) is 6.66. The fourth-order valence-corrected chi connectivity index (χ4v) is 5.29. The van der Waals surface area contributed by atoms with Crippen LogP contribution in [-0.2, 0) is 26.0 Å². The second kappa shape index (κ2) is 6.22.